The third-order valence-electron chi connectivity index (χ3n) is 6.41. The van der Waals surface area contributed by atoms with Crippen LogP contribution in [0.1, 0.15) is 36.9 Å². The fraction of sp³-hybridized carbons (Fsp3) is 0.565. The standard InChI is InChI=1S/C23H29FN4O3S/c1-15-2-3-18(14-19(15)24)31-17-4-9-28(10-5-17)23-26-20-8-13-32(29)21(20)22(27-23)25-16-6-11-30-12-7-16/h2-3,14,16-17H,4-13H2,1H3,(H,25,26,27). The molecule has 1 aromatic carbocycles. The fourth-order valence-electron chi connectivity index (χ4n) is 4.47. The lowest BCUT2D eigenvalue weighted by Crippen LogP contribution is -2.39. The third-order valence-corrected chi connectivity index (χ3v) is 7.87. The molecule has 1 unspecified atom stereocenters. The molecule has 32 heavy (non-hydrogen) atoms. The molecule has 2 fully saturated rings. The summed E-state index contributed by atoms with van der Waals surface area (Å²) in [7, 11) is -1.05. The Kier molecular flexibility index (Phi) is 6.28. The van der Waals surface area contributed by atoms with Gasteiger partial charge in [-0.25, -0.2) is 9.37 Å². The molecule has 4 heterocycles. The Balaban J connectivity index is 1.28. The van der Waals surface area contributed by atoms with Gasteiger partial charge in [-0.15, -0.1) is 0 Å². The van der Waals surface area contributed by atoms with E-state index in [0.29, 0.717) is 23.0 Å². The van der Waals surface area contributed by atoms with Crippen LogP contribution in [0.4, 0.5) is 16.2 Å². The van der Waals surface area contributed by atoms with Crippen molar-refractivity contribution in [3.8, 4) is 5.75 Å². The Hall–Kier alpha value is -2.26. The van der Waals surface area contributed by atoms with Crippen molar-refractivity contribution in [2.24, 2.45) is 0 Å². The van der Waals surface area contributed by atoms with Crippen molar-refractivity contribution in [1.29, 1.82) is 0 Å². The predicted molar refractivity (Wildman–Crippen MR) is 121 cm³/mol. The first-order chi connectivity index (χ1) is 15.6. The van der Waals surface area contributed by atoms with Gasteiger partial charge < -0.3 is 19.7 Å². The van der Waals surface area contributed by atoms with Crippen molar-refractivity contribution >= 4 is 22.6 Å². The maximum atomic E-state index is 13.8. The van der Waals surface area contributed by atoms with E-state index < -0.39 is 10.8 Å². The van der Waals surface area contributed by atoms with Crippen LogP contribution >= 0.6 is 0 Å². The van der Waals surface area contributed by atoms with Gasteiger partial charge in [-0.3, -0.25) is 4.21 Å². The van der Waals surface area contributed by atoms with Gasteiger partial charge in [-0.2, -0.15) is 4.98 Å². The lowest BCUT2D eigenvalue weighted by atomic mass is 10.1. The van der Waals surface area contributed by atoms with Crippen LogP contribution in [0.2, 0.25) is 0 Å². The van der Waals surface area contributed by atoms with Gasteiger partial charge in [0.25, 0.3) is 0 Å². The molecule has 2 aromatic rings. The molecule has 1 aromatic heterocycles. The van der Waals surface area contributed by atoms with Gasteiger partial charge in [0.15, 0.2) is 0 Å². The Morgan fingerprint density at radius 3 is 2.72 bits per heavy atom. The number of fused-ring (bicyclic) bond motifs is 1. The van der Waals surface area contributed by atoms with Gasteiger partial charge in [-0.05, 0) is 31.4 Å². The number of aryl methyl sites for hydroxylation is 2. The average Bonchev–Trinajstić information content (AvgIpc) is 3.18. The molecular weight excluding hydrogens is 431 g/mol. The summed E-state index contributed by atoms with van der Waals surface area (Å²) in [4.78, 5) is 12.6. The van der Waals surface area contributed by atoms with E-state index in [2.05, 4.69) is 10.2 Å². The highest BCUT2D eigenvalue weighted by molar-refractivity contribution is 7.85. The summed E-state index contributed by atoms with van der Waals surface area (Å²) in [6, 6.07) is 5.31. The molecule has 0 spiro atoms. The number of aromatic nitrogens is 2. The SMILES string of the molecule is Cc1ccc(OC2CCN(c3nc4c(c(NC5CCOCC5)n3)S(=O)CC4)CC2)cc1F. The van der Waals surface area contributed by atoms with Gasteiger partial charge in [0.1, 0.15) is 28.4 Å². The van der Waals surface area contributed by atoms with Crippen LogP contribution in [0.5, 0.6) is 5.75 Å². The van der Waals surface area contributed by atoms with Crippen molar-refractivity contribution in [3.05, 3.63) is 35.3 Å². The molecule has 2 saturated heterocycles. The van der Waals surface area contributed by atoms with E-state index in [4.69, 9.17) is 19.4 Å². The first-order valence-corrected chi connectivity index (χ1v) is 12.7. The maximum absolute atomic E-state index is 13.8. The van der Waals surface area contributed by atoms with Crippen molar-refractivity contribution in [2.75, 3.05) is 42.3 Å². The molecule has 1 atom stereocenters. The van der Waals surface area contributed by atoms with Crippen LogP contribution in [-0.2, 0) is 22.0 Å². The molecule has 3 aliphatic rings. The fourth-order valence-corrected chi connectivity index (χ4v) is 5.79. The second kappa shape index (κ2) is 9.31. The zero-order valence-electron chi connectivity index (χ0n) is 18.3. The van der Waals surface area contributed by atoms with Gasteiger partial charge >= 0.3 is 0 Å². The Bertz CT molecular complexity index is 1010. The van der Waals surface area contributed by atoms with Gasteiger partial charge in [0.05, 0.1) is 16.5 Å². The van der Waals surface area contributed by atoms with Gasteiger partial charge in [0.2, 0.25) is 5.95 Å². The Labute approximate surface area is 190 Å². The summed E-state index contributed by atoms with van der Waals surface area (Å²) in [5.41, 5.74) is 1.52. The molecule has 5 rings (SSSR count). The Morgan fingerprint density at radius 1 is 1.19 bits per heavy atom. The largest absolute Gasteiger partial charge is 0.490 e. The quantitative estimate of drug-likeness (QED) is 0.734. The van der Waals surface area contributed by atoms with Crippen LogP contribution in [0.3, 0.4) is 0 Å². The second-order valence-corrected chi connectivity index (χ2v) is 10.2. The first kappa shape index (κ1) is 21.6. The number of anilines is 2. The average molecular weight is 461 g/mol. The zero-order valence-corrected chi connectivity index (χ0v) is 19.1. The lowest BCUT2D eigenvalue weighted by Gasteiger charge is -2.33. The van der Waals surface area contributed by atoms with E-state index in [1.807, 2.05) is 6.07 Å². The second-order valence-electron chi connectivity index (χ2n) is 8.69. The van der Waals surface area contributed by atoms with E-state index in [9.17, 15) is 8.60 Å². The molecule has 1 N–H and O–H groups in total. The predicted octanol–water partition coefficient (Wildman–Crippen LogP) is 3.23. The normalized spacial score (nSPS) is 22.1. The van der Waals surface area contributed by atoms with Crippen LogP contribution < -0.4 is 15.0 Å². The monoisotopic (exact) mass is 460 g/mol. The summed E-state index contributed by atoms with van der Waals surface area (Å²) >= 11 is 0. The van der Waals surface area contributed by atoms with Crippen LogP contribution in [0.25, 0.3) is 0 Å². The number of hydrogen-bond donors (Lipinski definition) is 1. The number of piperidine rings is 1. The summed E-state index contributed by atoms with van der Waals surface area (Å²) in [6.45, 7) is 4.74. The van der Waals surface area contributed by atoms with E-state index in [-0.39, 0.29) is 18.0 Å². The maximum Gasteiger partial charge on any atom is 0.227 e. The lowest BCUT2D eigenvalue weighted by molar-refractivity contribution is 0.0903. The number of nitrogens with zero attached hydrogens (tertiary/aromatic N) is 3. The number of benzene rings is 1. The first-order valence-electron chi connectivity index (χ1n) is 11.4. The highest BCUT2D eigenvalue weighted by atomic mass is 32.2. The minimum Gasteiger partial charge on any atom is -0.490 e. The number of hydrogen-bond acceptors (Lipinski definition) is 7. The molecule has 0 radical (unpaired) electrons. The van der Waals surface area contributed by atoms with E-state index in [0.717, 1.165) is 74.8 Å². The number of ether oxygens (including phenoxy) is 2. The Morgan fingerprint density at radius 2 is 1.97 bits per heavy atom. The molecule has 172 valence electrons. The van der Waals surface area contributed by atoms with Gasteiger partial charge in [0, 0.05) is 63.4 Å². The molecule has 3 aliphatic heterocycles. The van der Waals surface area contributed by atoms with Crippen molar-refractivity contribution in [2.45, 2.75) is 56.1 Å². The van der Waals surface area contributed by atoms with Gasteiger partial charge in [-0.1, -0.05) is 6.07 Å². The highest BCUT2D eigenvalue weighted by Gasteiger charge is 2.30. The smallest absolute Gasteiger partial charge is 0.227 e. The summed E-state index contributed by atoms with van der Waals surface area (Å²) in [5, 5.41) is 3.53. The molecule has 9 heteroatoms. The molecule has 0 amide bonds. The molecule has 0 bridgehead atoms. The van der Waals surface area contributed by atoms with E-state index in [1.54, 1.807) is 13.0 Å². The summed E-state index contributed by atoms with van der Waals surface area (Å²) in [6.07, 6.45) is 4.22. The van der Waals surface area contributed by atoms with E-state index in [1.165, 1.54) is 6.07 Å². The highest BCUT2D eigenvalue weighted by Crippen LogP contribution is 2.32. The zero-order chi connectivity index (χ0) is 22.1. The summed E-state index contributed by atoms with van der Waals surface area (Å²) in [5.74, 6) is 2.36. The van der Waals surface area contributed by atoms with Crippen molar-refractivity contribution in [3.63, 3.8) is 0 Å². The number of halogens is 1. The molecule has 7 nitrogen and oxygen atoms in total. The minimum absolute atomic E-state index is 0.0371. The van der Waals surface area contributed by atoms with Crippen LogP contribution in [0.15, 0.2) is 23.1 Å². The number of nitrogens with one attached hydrogen (secondary N) is 1. The summed E-state index contributed by atoms with van der Waals surface area (Å²) < 4.78 is 37.9. The van der Waals surface area contributed by atoms with Crippen LogP contribution in [0, 0.1) is 12.7 Å². The van der Waals surface area contributed by atoms with Crippen molar-refractivity contribution < 1.29 is 18.1 Å². The molecule has 0 aliphatic carbocycles. The van der Waals surface area contributed by atoms with Crippen LogP contribution in [-0.4, -0.2) is 58.4 Å². The molecular formula is C23H29FN4O3S. The number of rotatable bonds is 5. The van der Waals surface area contributed by atoms with E-state index >= 15 is 0 Å². The van der Waals surface area contributed by atoms with Crippen molar-refractivity contribution in [1.82, 2.24) is 9.97 Å². The minimum atomic E-state index is -1.05. The third kappa shape index (κ3) is 4.59. The topological polar surface area (TPSA) is 76.6 Å². The molecule has 0 saturated carbocycles.